The smallest absolute Gasteiger partial charge is 0.358 e. The molecule has 1 heterocycles. The van der Waals surface area contributed by atoms with Crippen molar-refractivity contribution in [3.05, 3.63) is 40.7 Å². The van der Waals surface area contributed by atoms with E-state index >= 15 is 0 Å². The number of aromatic carboxylic acids is 1. The second-order valence-electron chi connectivity index (χ2n) is 4.40. The van der Waals surface area contributed by atoms with Crippen LogP contribution in [0, 0.1) is 6.92 Å². The zero-order chi connectivity index (χ0) is 15.6. The summed E-state index contributed by atoms with van der Waals surface area (Å²) in [4.78, 5) is 10.9. The van der Waals surface area contributed by atoms with E-state index in [1.165, 1.54) is 7.11 Å². The van der Waals surface area contributed by atoms with Gasteiger partial charge in [0.2, 0.25) is 0 Å². The number of methoxy groups -OCH3 is 1. The van der Waals surface area contributed by atoms with Crippen molar-refractivity contribution in [3.8, 4) is 5.75 Å². The number of halogens is 2. The van der Waals surface area contributed by atoms with E-state index in [0.717, 1.165) is 10.2 Å². The Hall–Kier alpha value is -2.51. The molecule has 0 aliphatic carbocycles. The van der Waals surface area contributed by atoms with E-state index < -0.39 is 23.8 Å². The quantitative estimate of drug-likeness (QED) is 0.916. The largest absolute Gasteiger partial charge is 0.496 e. The monoisotopic (exact) mass is 297 g/mol. The van der Waals surface area contributed by atoms with Crippen molar-refractivity contribution < 1.29 is 23.4 Å². The van der Waals surface area contributed by atoms with Crippen molar-refractivity contribution in [2.24, 2.45) is 0 Å². The first-order chi connectivity index (χ1) is 9.93. The zero-order valence-corrected chi connectivity index (χ0v) is 11.4. The van der Waals surface area contributed by atoms with Crippen LogP contribution in [-0.4, -0.2) is 33.2 Å². The minimum Gasteiger partial charge on any atom is -0.496 e. The van der Waals surface area contributed by atoms with E-state index in [0.29, 0.717) is 11.3 Å². The highest BCUT2D eigenvalue weighted by atomic mass is 19.3. The molecule has 0 saturated carbocycles. The predicted molar refractivity (Wildman–Crippen MR) is 68.8 cm³/mol. The third-order valence-corrected chi connectivity index (χ3v) is 2.94. The molecule has 0 aliphatic rings. The standard InChI is InChI=1S/C13H13F2N3O3/c1-7-3-4-9(21-2)8(5-7)6-18-11(12(14)15)10(13(19)20)16-17-18/h3-5,12H,6H2,1-2H3,(H,19,20). The molecular weight excluding hydrogens is 284 g/mol. The number of rotatable bonds is 5. The van der Waals surface area contributed by atoms with Gasteiger partial charge in [0.05, 0.1) is 13.7 Å². The molecule has 21 heavy (non-hydrogen) atoms. The lowest BCUT2D eigenvalue weighted by atomic mass is 10.1. The van der Waals surface area contributed by atoms with Gasteiger partial charge in [-0.1, -0.05) is 22.9 Å². The van der Waals surface area contributed by atoms with Crippen molar-refractivity contribution in [1.82, 2.24) is 15.0 Å². The predicted octanol–water partition coefficient (Wildman–Crippen LogP) is 2.28. The van der Waals surface area contributed by atoms with Crippen molar-refractivity contribution in [1.29, 1.82) is 0 Å². The Morgan fingerprint density at radius 2 is 2.19 bits per heavy atom. The number of carboxylic acid groups (broad SMARTS) is 1. The number of benzene rings is 1. The molecule has 0 amide bonds. The van der Waals surface area contributed by atoms with E-state index in [1.54, 1.807) is 12.1 Å². The topological polar surface area (TPSA) is 77.2 Å². The normalized spacial score (nSPS) is 10.9. The van der Waals surface area contributed by atoms with E-state index in [4.69, 9.17) is 9.84 Å². The van der Waals surface area contributed by atoms with Crippen LogP contribution in [0.3, 0.4) is 0 Å². The lowest BCUT2D eigenvalue weighted by Crippen LogP contribution is -2.10. The summed E-state index contributed by atoms with van der Waals surface area (Å²) in [5.41, 5.74) is 0.0758. The number of carbonyl (C=O) groups is 1. The average molecular weight is 297 g/mol. The summed E-state index contributed by atoms with van der Waals surface area (Å²) in [5, 5.41) is 15.7. The lowest BCUT2D eigenvalue weighted by Gasteiger charge is -2.11. The van der Waals surface area contributed by atoms with E-state index in [2.05, 4.69) is 10.3 Å². The van der Waals surface area contributed by atoms with Crippen molar-refractivity contribution in [2.45, 2.75) is 19.9 Å². The highest BCUT2D eigenvalue weighted by Crippen LogP contribution is 2.25. The second kappa shape index (κ2) is 5.86. The van der Waals surface area contributed by atoms with Gasteiger partial charge in [-0.15, -0.1) is 5.10 Å². The number of nitrogens with zero attached hydrogens (tertiary/aromatic N) is 3. The second-order valence-corrected chi connectivity index (χ2v) is 4.40. The van der Waals surface area contributed by atoms with Gasteiger partial charge in [-0.3, -0.25) is 0 Å². The first-order valence-electron chi connectivity index (χ1n) is 6.02. The van der Waals surface area contributed by atoms with Crippen molar-refractivity contribution in [2.75, 3.05) is 7.11 Å². The Bertz CT molecular complexity index is 671. The van der Waals surface area contributed by atoms with Crippen LogP contribution < -0.4 is 4.74 Å². The molecule has 0 atom stereocenters. The van der Waals surface area contributed by atoms with Crippen LogP contribution in [0.25, 0.3) is 0 Å². The van der Waals surface area contributed by atoms with Crippen LogP contribution in [0.2, 0.25) is 0 Å². The Balaban J connectivity index is 2.45. The maximum atomic E-state index is 13.1. The molecule has 0 fully saturated rings. The number of aromatic nitrogens is 3. The summed E-state index contributed by atoms with van der Waals surface area (Å²) >= 11 is 0. The minimum atomic E-state index is -2.98. The maximum Gasteiger partial charge on any atom is 0.358 e. The summed E-state index contributed by atoms with van der Waals surface area (Å²) in [5.74, 6) is -1.03. The Morgan fingerprint density at radius 3 is 2.76 bits per heavy atom. The summed E-state index contributed by atoms with van der Waals surface area (Å²) < 4.78 is 32.1. The first kappa shape index (κ1) is 14.9. The number of alkyl halides is 2. The van der Waals surface area contributed by atoms with Gasteiger partial charge >= 0.3 is 5.97 Å². The SMILES string of the molecule is COc1ccc(C)cc1Cn1nnc(C(=O)O)c1C(F)F. The number of hydrogen-bond donors (Lipinski definition) is 1. The third-order valence-electron chi connectivity index (χ3n) is 2.94. The van der Waals surface area contributed by atoms with Crippen LogP contribution in [0.4, 0.5) is 8.78 Å². The molecule has 6 nitrogen and oxygen atoms in total. The van der Waals surface area contributed by atoms with Gasteiger partial charge in [0.15, 0.2) is 5.69 Å². The van der Waals surface area contributed by atoms with Gasteiger partial charge in [-0.25, -0.2) is 18.3 Å². The summed E-state index contributed by atoms with van der Waals surface area (Å²) in [7, 11) is 1.46. The lowest BCUT2D eigenvalue weighted by molar-refractivity contribution is 0.0675. The molecule has 0 spiro atoms. The third kappa shape index (κ3) is 2.99. The fourth-order valence-electron chi connectivity index (χ4n) is 2.00. The fraction of sp³-hybridized carbons (Fsp3) is 0.308. The van der Waals surface area contributed by atoms with Gasteiger partial charge in [0.1, 0.15) is 11.4 Å². The maximum absolute atomic E-state index is 13.1. The van der Waals surface area contributed by atoms with Gasteiger partial charge in [-0.2, -0.15) is 0 Å². The van der Waals surface area contributed by atoms with Crippen LogP contribution in [0.1, 0.15) is 33.7 Å². The molecular formula is C13H13F2N3O3. The molecule has 2 rings (SSSR count). The van der Waals surface area contributed by atoms with Crippen molar-refractivity contribution in [3.63, 3.8) is 0 Å². The highest BCUT2D eigenvalue weighted by molar-refractivity contribution is 5.86. The number of carboxylic acids is 1. The van der Waals surface area contributed by atoms with Crippen LogP contribution in [-0.2, 0) is 6.54 Å². The number of hydrogen-bond acceptors (Lipinski definition) is 4. The van der Waals surface area contributed by atoms with E-state index in [-0.39, 0.29) is 6.54 Å². The van der Waals surface area contributed by atoms with Gasteiger partial charge in [0, 0.05) is 5.56 Å². The van der Waals surface area contributed by atoms with Gasteiger partial charge in [-0.05, 0) is 13.0 Å². The number of ether oxygens (including phenoxy) is 1. The van der Waals surface area contributed by atoms with E-state index in [1.807, 2.05) is 13.0 Å². The molecule has 8 heteroatoms. The molecule has 1 N–H and O–H groups in total. The average Bonchev–Trinajstić information content (AvgIpc) is 2.83. The molecule has 0 radical (unpaired) electrons. The van der Waals surface area contributed by atoms with E-state index in [9.17, 15) is 13.6 Å². The van der Waals surface area contributed by atoms with Crippen LogP contribution >= 0.6 is 0 Å². The summed E-state index contributed by atoms with van der Waals surface area (Å²) in [6, 6.07) is 5.29. The van der Waals surface area contributed by atoms with Gasteiger partial charge in [0.25, 0.3) is 6.43 Å². The van der Waals surface area contributed by atoms with Crippen LogP contribution in [0.5, 0.6) is 5.75 Å². The van der Waals surface area contributed by atoms with Crippen LogP contribution in [0.15, 0.2) is 18.2 Å². The fourth-order valence-corrected chi connectivity index (χ4v) is 2.00. The first-order valence-corrected chi connectivity index (χ1v) is 6.02. The number of aryl methyl sites for hydroxylation is 1. The highest BCUT2D eigenvalue weighted by Gasteiger charge is 2.26. The van der Waals surface area contributed by atoms with Gasteiger partial charge < -0.3 is 9.84 Å². The molecule has 2 aromatic rings. The Morgan fingerprint density at radius 1 is 1.48 bits per heavy atom. The zero-order valence-electron chi connectivity index (χ0n) is 11.4. The Labute approximate surface area is 119 Å². The van der Waals surface area contributed by atoms with Crippen molar-refractivity contribution >= 4 is 5.97 Å². The minimum absolute atomic E-state index is 0.0508. The molecule has 0 saturated heterocycles. The molecule has 0 aliphatic heterocycles. The Kier molecular flexibility index (Phi) is 4.15. The summed E-state index contributed by atoms with van der Waals surface area (Å²) in [6.45, 7) is 1.80. The molecule has 0 unspecified atom stereocenters. The molecule has 1 aromatic carbocycles. The molecule has 112 valence electrons. The molecule has 1 aromatic heterocycles. The molecule has 0 bridgehead atoms. The summed E-state index contributed by atoms with van der Waals surface area (Å²) in [6.07, 6.45) is -2.98.